The summed E-state index contributed by atoms with van der Waals surface area (Å²) in [6.45, 7) is 4.93. The lowest BCUT2D eigenvalue weighted by Gasteiger charge is -2.47. The van der Waals surface area contributed by atoms with Gasteiger partial charge in [-0.1, -0.05) is 62.3 Å². The molecular weight excluding hydrogens is 773 g/mol. The Morgan fingerprint density at radius 3 is 1.79 bits per heavy atom. The summed E-state index contributed by atoms with van der Waals surface area (Å²) in [4.78, 5) is 72.0. The first-order valence-electron chi connectivity index (χ1n) is 17.7. The van der Waals surface area contributed by atoms with E-state index in [1.807, 2.05) is 26.0 Å². The number of halogens is 2. The third kappa shape index (κ3) is 8.55. The van der Waals surface area contributed by atoms with Gasteiger partial charge in [-0.25, -0.2) is 4.79 Å². The van der Waals surface area contributed by atoms with Crippen LogP contribution >= 0.6 is 23.2 Å². The number of aryl methyl sites for hydroxylation is 2. The van der Waals surface area contributed by atoms with Gasteiger partial charge in [-0.2, -0.15) is 10.2 Å². The van der Waals surface area contributed by atoms with Gasteiger partial charge < -0.3 is 24.3 Å². The number of anilines is 2. The van der Waals surface area contributed by atoms with Crippen molar-refractivity contribution in [3.8, 4) is 0 Å². The van der Waals surface area contributed by atoms with Gasteiger partial charge in [-0.05, 0) is 49.2 Å². The van der Waals surface area contributed by atoms with E-state index in [4.69, 9.17) is 27.9 Å². The number of nitrogens with one attached hydrogen (secondary N) is 1. The maximum Gasteiger partial charge on any atom is 0.336 e. The van der Waals surface area contributed by atoms with Crippen molar-refractivity contribution in [2.75, 3.05) is 36.5 Å². The van der Waals surface area contributed by atoms with Crippen molar-refractivity contribution in [1.29, 1.82) is 0 Å². The lowest BCUT2D eigenvalue weighted by Crippen LogP contribution is -2.71. The van der Waals surface area contributed by atoms with E-state index in [-0.39, 0.29) is 64.0 Å². The van der Waals surface area contributed by atoms with Gasteiger partial charge in [0.2, 0.25) is 11.4 Å². The summed E-state index contributed by atoms with van der Waals surface area (Å²) in [5.41, 5.74) is 0.0597. The summed E-state index contributed by atoms with van der Waals surface area (Å²) in [6.07, 6.45) is 7.23. The Morgan fingerprint density at radius 2 is 1.30 bits per heavy atom. The third-order valence-electron chi connectivity index (χ3n) is 10.2. The molecule has 3 aliphatic heterocycles. The van der Waals surface area contributed by atoms with E-state index in [1.54, 1.807) is 94.4 Å². The highest BCUT2D eigenvalue weighted by Crippen LogP contribution is 2.39. The number of piperazine rings is 1. The quantitative estimate of drug-likeness (QED) is 0.188. The molecular formula is C40H51Cl2N9O6. The van der Waals surface area contributed by atoms with Gasteiger partial charge >= 0.3 is 5.97 Å². The predicted molar refractivity (Wildman–Crippen MR) is 218 cm³/mol. The maximum atomic E-state index is 13.7. The summed E-state index contributed by atoms with van der Waals surface area (Å²) in [5, 5.41) is 12.5. The number of carbonyl (C=O) groups excluding carboxylic acids is 5. The Hall–Kier alpha value is -5.25. The molecule has 2 unspecified atom stereocenters. The molecule has 2 atom stereocenters. The van der Waals surface area contributed by atoms with E-state index in [2.05, 4.69) is 15.5 Å². The van der Waals surface area contributed by atoms with Crippen molar-refractivity contribution in [2.45, 2.75) is 71.8 Å². The molecule has 7 rings (SSSR count). The zero-order valence-electron chi connectivity index (χ0n) is 31.2. The van der Waals surface area contributed by atoms with E-state index in [0.717, 1.165) is 11.1 Å². The van der Waals surface area contributed by atoms with Crippen LogP contribution in [0.3, 0.4) is 0 Å². The van der Waals surface area contributed by atoms with Crippen molar-refractivity contribution in [3.05, 3.63) is 94.5 Å². The van der Waals surface area contributed by atoms with Gasteiger partial charge in [0.1, 0.15) is 6.54 Å². The van der Waals surface area contributed by atoms with Gasteiger partial charge in [0.15, 0.2) is 5.54 Å². The van der Waals surface area contributed by atoms with Crippen LogP contribution in [0.15, 0.2) is 73.3 Å². The first-order chi connectivity index (χ1) is 26.2. The Kier molecular flexibility index (Phi) is 14.0. The van der Waals surface area contributed by atoms with Crippen LogP contribution in [0.2, 0.25) is 10.0 Å². The highest BCUT2D eigenvalue weighted by molar-refractivity contribution is 6.30. The van der Waals surface area contributed by atoms with Crippen molar-refractivity contribution in [1.82, 2.24) is 34.7 Å². The average molecular weight is 825 g/mol. The standard InChI is InChI=1S/C21H24ClN5O3.C17H19ClN4O3.2CH4/c1-14(2)26-13-18(28)27(11-15-4-6-16(22)7-5-15)21(20(26)30)8-9-25(19(21)29)17-10-23-24(3)12-17;1-21-11-14(10-20-21)22-8-7-17(15(22)23,16(24)25-2)19-9-12-3-5-13(18)6-4-12;;/h4-7,10,12,14H,8-9,11,13H2,1-3H3;3-6,10-11,19H,7-9H2,1-2H3;2*1H4. The van der Waals surface area contributed by atoms with Crippen LogP contribution in [0.4, 0.5) is 11.4 Å². The second kappa shape index (κ2) is 17.9. The zero-order valence-corrected chi connectivity index (χ0v) is 32.8. The molecule has 1 N–H and O–H groups in total. The number of hydrogen-bond donors (Lipinski definition) is 1. The van der Waals surface area contributed by atoms with Crippen LogP contribution in [0.5, 0.6) is 0 Å². The summed E-state index contributed by atoms with van der Waals surface area (Å²) >= 11 is 11.9. The first-order valence-corrected chi connectivity index (χ1v) is 18.5. The molecule has 3 fully saturated rings. The SMILES string of the molecule is C.C.CC(C)N1CC(=O)N(Cc2ccc(Cl)cc2)C2(CCN(c3cnn(C)c3)C2=O)C1=O.COC(=O)C1(NCc2ccc(Cl)cc2)CCN(c2cnn(C)c2)C1=O. The number of benzene rings is 2. The van der Waals surface area contributed by atoms with E-state index in [9.17, 15) is 24.0 Å². The largest absolute Gasteiger partial charge is 0.467 e. The summed E-state index contributed by atoms with van der Waals surface area (Å²) in [7, 11) is 4.83. The molecule has 3 saturated heterocycles. The van der Waals surface area contributed by atoms with Crippen molar-refractivity contribution in [3.63, 3.8) is 0 Å². The molecule has 17 heteroatoms. The fourth-order valence-corrected chi connectivity index (χ4v) is 7.45. The molecule has 0 saturated carbocycles. The zero-order chi connectivity index (χ0) is 39.7. The molecule has 5 heterocycles. The predicted octanol–water partition coefficient (Wildman–Crippen LogP) is 4.61. The van der Waals surface area contributed by atoms with Gasteiger partial charge in [0.05, 0.1) is 30.9 Å². The monoisotopic (exact) mass is 823 g/mol. The number of esters is 1. The van der Waals surface area contributed by atoms with Crippen LogP contribution in [0, 0.1) is 0 Å². The van der Waals surface area contributed by atoms with E-state index in [0.29, 0.717) is 47.5 Å². The number of rotatable bonds is 9. The molecule has 2 aromatic carbocycles. The topological polar surface area (TPSA) is 155 Å². The minimum Gasteiger partial charge on any atom is -0.467 e. The minimum atomic E-state index is -1.55. The summed E-state index contributed by atoms with van der Waals surface area (Å²) in [5.74, 6) is -1.85. The number of carbonyl (C=O) groups is 5. The van der Waals surface area contributed by atoms with E-state index >= 15 is 0 Å². The Bertz CT molecular complexity index is 2090. The molecule has 57 heavy (non-hydrogen) atoms. The van der Waals surface area contributed by atoms with E-state index < -0.39 is 17.0 Å². The Morgan fingerprint density at radius 1 is 0.789 bits per heavy atom. The number of nitrogens with zero attached hydrogens (tertiary/aromatic N) is 8. The first kappa shape index (κ1) is 44.5. The van der Waals surface area contributed by atoms with Crippen molar-refractivity contribution >= 4 is 64.2 Å². The fraction of sp³-hybridized carbons (Fsp3) is 0.425. The summed E-state index contributed by atoms with van der Waals surface area (Å²) in [6, 6.07) is 14.1. The fourth-order valence-electron chi connectivity index (χ4n) is 7.20. The number of methoxy groups -OCH3 is 1. The number of amides is 4. The smallest absolute Gasteiger partial charge is 0.336 e. The second-order valence-corrected chi connectivity index (χ2v) is 14.9. The molecule has 0 aliphatic carbocycles. The van der Waals surface area contributed by atoms with Crippen molar-refractivity contribution < 1.29 is 28.7 Å². The van der Waals surface area contributed by atoms with Crippen molar-refractivity contribution in [2.24, 2.45) is 14.1 Å². The molecule has 3 aliphatic rings. The lowest BCUT2D eigenvalue weighted by atomic mass is 9.89. The van der Waals surface area contributed by atoms with Gasteiger partial charge in [-0.15, -0.1) is 0 Å². The maximum absolute atomic E-state index is 13.7. The molecule has 0 bridgehead atoms. The Balaban J connectivity index is 0.000000248. The number of aromatic nitrogens is 4. The highest BCUT2D eigenvalue weighted by Gasteiger charge is 2.62. The van der Waals surface area contributed by atoms with Crippen LogP contribution < -0.4 is 15.1 Å². The normalized spacial score (nSPS) is 20.5. The number of hydrogen-bond acceptors (Lipinski definition) is 9. The molecule has 1 spiro atoms. The van der Waals surface area contributed by atoms with Gasteiger partial charge in [-0.3, -0.25) is 33.9 Å². The highest BCUT2D eigenvalue weighted by atomic mass is 35.5. The molecule has 4 amide bonds. The van der Waals surface area contributed by atoms with Crippen LogP contribution in [0.1, 0.15) is 52.7 Å². The van der Waals surface area contributed by atoms with Gasteiger partial charge in [0, 0.05) is 81.6 Å². The third-order valence-corrected chi connectivity index (χ3v) is 10.7. The second-order valence-electron chi connectivity index (χ2n) is 14.0. The number of ether oxygens (including phenoxy) is 1. The van der Waals surface area contributed by atoms with Crippen LogP contribution in [-0.4, -0.2) is 103 Å². The van der Waals surface area contributed by atoms with E-state index in [1.165, 1.54) is 16.9 Å². The molecule has 0 radical (unpaired) electrons. The molecule has 4 aromatic rings. The molecule has 15 nitrogen and oxygen atoms in total. The molecule has 306 valence electrons. The lowest BCUT2D eigenvalue weighted by molar-refractivity contribution is -0.170. The van der Waals surface area contributed by atoms with Gasteiger partial charge in [0.25, 0.3) is 17.7 Å². The average Bonchev–Trinajstić information content (AvgIpc) is 3.95. The Labute approximate surface area is 343 Å². The molecule has 2 aromatic heterocycles. The summed E-state index contributed by atoms with van der Waals surface area (Å²) < 4.78 is 8.13. The minimum absolute atomic E-state index is 0. The van der Waals surface area contributed by atoms with Crippen LogP contribution in [-0.2, 0) is 55.9 Å². The van der Waals surface area contributed by atoms with Crippen LogP contribution in [0.25, 0.3) is 0 Å².